The highest BCUT2D eigenvalue weighted by atomic mass is 32.2. The molecule has 0 aliphatic heterocycles. The van der Waals surface area contributed by atoms with E-state index in [1.54, 1.807) is 44.6 Å². The van der Waals surface area contributed by atoms with Crippen LogP contribution in [-0.2, 0) is 10.1 Å². The number of aromatic nitrogens is 2. The lowest BCUT2D eigenvalue weighted by atomic mass is 10.1. The van der Waals surface area contributed by atoms with Crippen molar-refractivity contribution in [3.05, 3.63) is 36.8 Å². The summed E-state index contributed by atoms with van der Waals surface area (Å²) in [6, 6.07) is 6.71. The van der Waals surface area contributed by atoms with Crippen molar-refractivity contribution in [1.29, 1.82) is 0 Å². The van der Waals surface area contributed by atoms with Crippen LogP contribution in [0.15, 0.2) is 41.8 Å². The zero-order valence-corrected chi connectivity index (χ0v) is 12.4. The first-order valence-electron chi connectivity index (χ1n) is 6.28. The Bertz CT molecular complexity index is 737. The normalized spacial score (nSPS) is 12.7. The number of benzene rings is 1. The molecule has 1 heterocycles. The Morgan fingerprint density at radius 3 is 2.76 bits per heavy atom. The minimum Gasteiger partial charge on any atom is -0.356 e. The van der Waals surface area contributed by atoms with Gasteiger partial charge in [-0.15, -0.1) is 0 Å². The number of nitrogens with one attached hydrogen (secondary N) is 2. The van der Waals surface area contributed by atoms with Crippen LogP contribution in [0.25, 0.3) is 11.3 Å². The highest BCUT2D eigenvalue weighted by Crippen LogP contribution is 2.22. The van der Waals surface area contributed by atoms with Crippen LogP contribution in [0.3, 0.4) is 0 Å². The average Bonchev–Trinajstić information content (AvgIpc) is 2.90. The number of H-pyrrole nitrogens is 1. The molecule has 0 saturated carbocycles. The van der Waals surface area contributed by atoms with Gasteiger partial charge in [-0.05, 0) is 26.0 Å². The number of nitrogens with zero attached hydrogens (tertiary/aromatic N) is 2. The van der Waals surface area contributed by atoms with Gasteiger partial charge in [0.1, 0.15) is 0 Å². The summed E-state index contributed by atoms with van der Waals surface area (Å²) in [6.07, 6.45) is 3.27. The van der Waals surface area contributed by atoms with E-state index in [1.165, 1.54) is 0 Å². The monoisotopic (exact) mass is 308 g/mol. The van der Waals surface area contributed by atoms with Gasteiger partial charge in [0.2, 0.25) is 5.17 Å². The van der Waals surface area contributed by atoms with Crippen LogP contribution >= 0.6 is 0 Å². The Balaban J connectivity index is 2.40. The van der Waals surface area contributed by atoms with E-state index in [0.717, 1.165) is 11.3 Å². The lowest BCUT2D eigenvalue weighted by molar-refractivity contribution is 0.495. The molecule has 0 aliphatic rings. The molecule has 7 nitrogen and oxygen atoms in total. The maximum Gasteiger partial charge on any atom is 0.328 e. The maximum atomic E-state index is 11.3. The lowest BCUT2D eigenvalue weighted by Crippen LogP contribution is -2.35. The Hall–Kier alpha value is -2.19. The Morgan fingerprint density at radius 2 is 2.19 bits per heavy atom. The number of imidazole rings is 1. The van der Waals surface area contributed by atoms with E-state index in [0.29, 0.717) is 5.69 Å². The van der Waals surface area contributed by atoms with Crippen molar-refractivity contribution in [2.75, 3.05) is 0 Å². The third-order valence-electron chi connectivity index (χ3n) is 2.53. The zero-order chi connectivity index (χ0) is 15.5. The second kappa shape index (κ2) is 6.06. The molecule has 0 fully saturated rings. The van der Waals surface area contributed by atoms with Gasteiger partial charge in [-0.25, -0.2) is 9.98 Å². The Kier molecular flexibility index (Phi) is 4.39. The van der Waals surface area contributed by atoms with Gasteiger partial charge in [-0.1, -0.05) is 12.1 Å². The molecule has 0 spiro atoms. The maximum absolute atomic E-state index is 11.3. The number of aliphatic imine (C=N–C) groups is 1. The fourth-order valence-electron chi connectivity index (χ4n) is 1.68. The third kappa shape index (κ3) is 4.14. The summed E-state index contributed by atoms with van der Waals surface area (Å²) in [5.74, 6) is 0. The summed E-state index contributed by atoms with van der Waals surface area (Å²) in [7, 11) is -4.41. The number of rotatable bonds is 3. The van der Waals surface area contributed by atoms with Crippen LogP contribution in [0.5, 0.6) is 0 Å². The summed E-state index contributed by atoms with van der Waals surface area (Å²) < 4.78 is 31.9. The summed E-state index contributed by atoms with van der Waals surface area (Å²) in [4.78, 5) is 10.9. The van der Waals surface area contributed by atoms with E-state index in [9.17, 15) is 13.0 Å². The van der Waals surface area contributed by atoms with Crippen LogP contribution in [0.1, 0.15) is 13.8 Å². The molecule has 0 unspecified atom stereocenters. The van der Waals surface area contributed by atoms with Gasteiger partial charge in [0.15, 0.2) is 0 Å². The third-order valence-corrected chi connectivity index (χ3v) is 3.23. The van der Waals surface area contributed by atoms with Gasteiger partial charge >= 0.3 is 10.1 Å². The van der Waals surface area contributed by atoms with E-state index in [2.05, 4.69) is 20.3 Å². The number of hydrogen-bond donors (Lipinski definition) is 3. The van der Waals surface area contributed by atoms with Crippen LogP contribution in [0.2, 0.25) is 0 Å². The average molecular weight is 308 g/mol. The number of aromatic amines is 1. The molecule has 0 radical (unpaired) electrons. The van der Waals surface area contributed by atoms with Crippen LogP contribution in [0.4, 0.5) is 5.69 Å². The minimum atomic E-state index is -4.41. The molecule has 1 aromatic carbocycles. The molecular weight excluding hydrogens is 292 g/mol. The Labute approximate surface area is 122 Å². The topological polar surface area (TPSA) is 107 Å². The molecule has 2 aromatic rings. The van der Waals surface area contributed by atoms with Crippen molar-refractivity contribution in [2.24, 2.45) is 4.99 Å². The van der Waals surface area contributed by atoms with Gasteiger partial charge in [0.05, 0.1) is 17.7 Å². The van der Waals surface area contributed by atoms with E-state index in [-0.39, 0.29) is 6.04 Å². The van der Waals surface area contributed by atoms with E-state index in [1.807, 2.05) is 6.07 Å². The molecular formula is C13H16N4O3S. The summed E-state index contributed by atoms with van der Waals surface area (Å²) in [5.41, 5.74) is 1.91. The molecule has 2 rings (SSSR count). The molecule has 0 amide bonds. The van der Waals surface area contributed by atoms with Crippen LogP contribution < -0.4 is 5.32 Å². The van der Waals surface area contributed by atoms with Gasteiger partial charge < -0.3 is 10.3 Å². The van der Waals surface area contributed by atoms with E-state index >= 15 is 0 Å². The second-order valence-electron chi connectivity index (χ2n) is 4.70. The van der Waals surface area contributed by atoms with Crippen molar-refractivity contribution in [3.8, 4) is 11.3 Å². The van der Waals surface area contributed by atoms with E-state index in [4.69, 9.17) is 0 Å². The number of amidine groups is 1. The first-order valence-corrected chi connectivity index (χ1v) is 7.72. The molecule has 3 N–H and O–H groups in total. The molecule has 21 heavy (non-hydrogen) atoms. The van der Waals surface area contributed by atoms with Gasteiger partial charge in [-0.3, -0.25) is 4.55 Å². The van der Waals surface area contributed by atoms with Gasteiger partial charge in [0, 0.05) is 17.8 Å². The van der Waals surface area contributed by atoms with Gasteiger partial charge in [-0.2, -0.15) is 8.42 Å². The molecule has 0 bridgehead atoms. The molecule has 8 heteroatoms. The predicted molar refractivity (Wildman–Crippen MR) is 80.9 cm³/mol. The molecule has 0 saturated heterocycles. The highest BCUT2D eigenvalue weighted by Gasteiger charge is 2.17. The van der Waals surface area contributed by atoms with Crippen LogP contribution in [-0.4, -0.2) is 34.1 Å². The first-order chi connectivity index (χ1) is 9.86. The minimum absolute atomic E-state index is 0.180. The quantitative estimate of drug-likeness (QED) is 0.456. The van der Waals surface area contributed by atoms with Crippen LogP contribution in [0, 0.1) is 0 Å². The largest absolute Gasteiger partial charge is 0.356 e. The van der Waals surface area contributed by atoms with Crippen molar-refractivity contribution in [2.45, 2.75) is 19.9 Å². The van der Waals surface area contributed by atoms with Crippen molar-refractivity contribution >= 4 is 21.0 Å². The standard InChI is InChI=1S/C13H16N4O3S/c1-9(2)16-13(21(18,19)20)17-11-5-3-4-10(6-11)12-7-14-8-15-12/h3-9H,1-2H3,(H,14,15)(H,16,17)(H,18,19,20). The summed E-state index contributed by atoms with van der Waals surface area (Å²) in [5, 5.41) is 2.14. The second-order valence-corrected chi connectivity index (χ2v) is 6.03. The first kappa shape index (κ1) is 15.2. The van der Waals surface area contributed by atoms with Crippen molar-refractivity contribution in [3.63, 3.8) is 0 Å². The molecule has 0 aliphatic carbocycles. The highest BCUT2D eigenvalue weighted by molar-refractivity contribution is 8.01. The van der Waals surface area contributed by atoms with Crippen molar-refractivity contribution in [1.82, 2.24) is 15.3 Å². The summed E-state index contributed by atoms with van der Waals surface area (Å²) >= 11 is 0. The van der Waals surface area contributed by atoms with Gasteiger partial charge in [0.25, 0.3) is 0 Å². The SMILES string of the molecule is CC(C)N/C(=N\c1cccc(-c2c[nH]cn2)c1)S(=O)(=O)O. The smallest absolute Gasteiger partial charge is 0.328 e. The lowest BCUT2D eigenvalue weighted by Gasteiger charge is -2.10. The fourth-order valence-corrected chi connectivity index (χ4v) is 2.29. The predicted octanol–water partition coefficient (Wildman–Crippen LogP) is 1.95. The fraction of sp³-hybridized carbons (Fsp3) is 0.231. The summed E-state index contributed by atoms with van der Waals surface area (Å²) in [6.45, 7) is 3.50. The molecule has 112 valence electrons. The Morgan fingerprint density at radius 1 is 1.43 bits per heavy atom. The molecule has 1 aromatic heterocycles. The van der Waals surface area contributed by atoms with Crippen molar-refractivity contribution < 1.29 is 13.0 Å². The zero-order valence-electron chi connectivity index (χ0n) is 11.6. The number of hydrogen-bond acceptors (Lipinski definition) is 4. The molecule has 0 atom stereocenters. The van der Waals surface area contributed by atoms with E-state index < -0.39 is 15.3 Å².